The third-order valence-corrected chi connectivity index (χ3v) is 5.37. The van der Waals surface area contributed by atoms with Crippen LogP contribution in [-0.4, -0.2) is 46.3 Å². The van der Waals surface area contributed by atoms with Gasteiger partial charge in [-0.1, -0.05) is 17.7 Å². The Morgan fingerprint density at radius 2 is 2.19 bits per heavy atom. The summed E-state index contributed by atoms with van der Waals surface area (Å²) in [6.45, 7) is 0.821. The Hall–Kier alpha value is -1.34. The summed E-state index contributed by atoms with van der Waals surface area (Å²) in [5, 5.41) is 19.6. The Balaban J connectivity index is 1.87. The van der Waals surface area contributed by atoms with Gasteiger partial charge >= 0.3 is 0 Å². The third-order valence-electron chi connectivity index (χ3n) is 3.74. The molecule has 0 aliphatic carbocycles. The highest BCUT2D eigenvalue weighted by Gasteiger charge is 2.42. The van der Waals surface area contributed by atoms with Crippen LogP contribution in [0, 0.1) is 0 Å². The SMILES string of the molecule is NC1(CCO)CN(C(=O)c2sc3cccc(O)c3c2Cl)C1. The van der Waals surface area contributed by atoms with Gasteiger partial charge < -0.3 is 20.8 Å². The van der Waals surface area contributed by atoms with Crippen LogP contribution in [0.4, 0.5) is 0 Å². The van der Waals surface area contributed by atoms with Gasteiger partial charge in [0.1, 0.15) is 10.6 Å². The molecule has 21 heavy (non-hydrogen) atoms. The molecule has 2 heterocycles. The predicted molar refractivity (Wildman–Crippen MR) is 83.0 cm³/mol. The highest BCUT2D eigenvalue weighted by Crippen LogP contribution is 2.41. The van der Waals surface area contributed by atoms with Crippen LogP contribution in [0.5, 0.6) is 5.75 Å². The third kappa shape index (κ3) is 2.38. The van der Waals surface area contributed by atoms with Crippen molar-refractivity contribution in [3.63, 3.8) is 0 Å². The van der Waals surface area contributed by atoms with Gasteiger partial charge in [0.05, 0.1) is 15.9 Å². The van der Waals surface area contributed by atoms with Crippen LogP contribution in [0.15, 0.2) is 18.2 Å². The van der Waals surface area contributed by atoms with Crippen molar-refractivity contribution in [1.82, 2.24) is 4.90 Å². The number of rotatable bonds is 3. The summed E-state index contributed by atoms with van der Waals surface area (Å²) in [6, 6.07) is 5.08. The number of halogens is 1. The summed E-state index contributed by atoms with van der Waals surface area (Å²) in [5.41, 5.74) is 5.53. The number of aromatic hydroxyl groups is 1. The number of amides is 1. The van der Waals surface area contributed by atoms with E-state index < -0.39 is 5.54 Å². The fraction of sp³-hybridized carbons (Fsp3) is 0.357. The lowest BCUT2D eigenvalue weighted by atomic mass is 9.87. The van der Waals surface area contributed by atoms with E-state index >= 15 is 0 Å². The number of likely N-dealkylation sites (tertiary alicyclic amines) is 1. The lowest BCUT2D eigenvalue weighted by Crippen LogP contribution is -2.68. The maximum absolute atomic E-state index is 12.5. The molecular weight excluding hydrogens is 312 g/mol. The topological polar surface area (TPSA) is 86.8 Å². The molecule has 112 valence electrons. The normalized spacial score (nSPS) is 17.0. The summed E-state index contributed by atoms with van der Waals surface area (Å²) in [7, 11) is 0. The Kier molecular flexibility index (Phi) is 3.57. The van der Waals surface area contributed by atoms with Crippen molar-refractivity contribution in [3.05, 3.63) is 28.1 Å². The number of phenolic OH excluding ortho intramolecular Hbond substituents is 1. The first-order valence-electron chi connectivity index (χ1n) is 6.54. The van der Waals surface area contributed by atoms with E-state index in [2.05, 4.69) is 0 Å². The average molecular weight is 327 g/mol. The molecular formula is C14H15ClN2O3S. The molecule has 1 fully saturated rings. The fourth-order valence-corrected chi connectivity index (χ4v) is 4.15. The van der Waals surface area contributed by atoms with Crippen molar-refractivity contribution >= 4 is 38.9 Å². The van der Waals surface area contributed by atoms with Gasteiger partial charge in [-0.15, -0.1) is 11.3 Å². The van der Waals surface area contributed by atoms with Gasteiger partial charge in [0, 0.05) is 24.4 Å². The number of hydrogen-bond acceptors (Lipinski definition) is 5. The number of nitrogens with two attached hydrogens (primary N) is 1. The van der Waals surface area contributed by atoms with Crippen LogP contribution in [0.2, 0.25) is 5.02 Å². The van der Waals surface area contributed by atoms with Crippen LogP contribution in [0.1, 0.15) is 16.1 Å². The van der Waals surface area contributed by atoms with Crippen LogP contribution in [-0.2, 0) is 0 Å². The molecule has 2 aromatic rings. The van der Waals surface area contributed by atoms with Gasteiger partial charge in [0.2, 0.25) is 0 Å². The first-order valence-corrected chi connectivity index (χ1v) is 7.74. The van der Waals surface area contributed by atoms with E-state index in [1.165, 1.54) is 11.3 Å². The highest BCUT2D eigenvalue weighted by molar-refractivity contribution is 7.21. The lowest BCUT2D eigenvalue weighted by molar-refractivity contribution is 0.0343. The van der Waals surface area contributed by atoms with E-state index in [-0.39, 0.29) is 23.3 Å². The van der Waals surface area contributed by atoms with E-state index in [9.17, 15) is 9.90 Å². The molecule has 0 unspecified atom stereocenters. The second-order valence-electron chi connectivity index (χ2n) is 5.39. The zero-order chi connectivity index (χ0) is 15.2. The van der Waals surface area contributed by atoms with Gasteiger partial charge in [-0.05, 0) is 18.6 Å². The van der Waals surface area contributed by atoms with Gasteiger partial charge in [-0.3, -0.25) is 4.79 Å². The Bertz CT molecular complexity index is 710. The average Bonchev–Trinajstić information content (AvgIpc) is 2.74. The summed E-state index contributed by atoms with van der Waals surface area (Å²) >= 11 is 7.51. The molecule has 0 atom stereocenters. The van der Waals surface area contributed by atoms with Crippen LogP contribution < -0.4 is 5.73 Å². The standard InChI is InChI=1S/C14H15ClN2O3S/c15-11-10-8(19)2-1-3-9(10)21-12(11)13(20)17-6-14(16,7-17)4-5-18/h1-3,18-19H,4-7,16H2. The van der Waals surface area contributed by atoms with E-state index in [1.807, 2.05) is 6.07 Å². The predicted octanol–water partition coefficient (Wildman–Crippen LogP) is 1.80. The number of aliphatic hydroxyl groups is 1. The molecule has 1 aliphatic rings. The van der Waals surface area contributed by atoms with Crippen molar-refractivity contribution in [2.75, 3.05) is 19.7 Å². The Labute approximate surface area is 130 Å². The maximum Gasteiger partial charge on any atom is 0.265 e. The minimum absolute atomic E-state index is 0.00997. The van der Waals surface area contributed by atoms with Crippen LogP contribution in [0.3, 0.4) is 0 Å². The summed E-state index contributed by atoms with van der Waals surface area (Å²) < 4.78 is 0.776. The number of carbonyl (C=O) groups is 1. The summed E-state index contributed by atoms with van der Waals surface area (Å²) in [6.07, 6.45) is 0.470. The molecule has 0 radical (unpaired) electrons. The number of fused-ring (bicyclic) bond motifs is 1. The van der Waals surface area contributed by atoms with Gasteiger partial charge in [0.25, 0.3) is 5.91 Å². The van der Waals surface area contributed by atoms with Crippen molar-refractivity contribution in [1.29, 1.82) is 0 Å². The van der Waals surface area contributed by atoms with E-state index in [0.717, 1.165) is 4.70 Å². The highest BCUT2D eigenvalue weighted by atomic mass is 35.5. The second kappa shape index (κ2) is 5.14. The van der Waals surface area contributed by atoms with Crippen LogP contribution in [0.25, 0.3) is 10.1 Å². The van der Waals surface area contributed by atoms with Crippen molar-refractivity contribution in [2.45, 2.75) is 12.0 Å². The quantitative estimate of drug-likeness (QED) is 0.802. The Morgan fingerprint density at radius 1 is 1.48 bits per heavy atom. The zero-order valence-electron chi connectivity index (χ0n) is 11.2. The van der Waals surface area contributed by atoms with Crippen LogP contribution >= 0.6 is 22.9 Å². The lowest BCUT2D eigenvalue weighted by Gasteiger charge is -2.47. The number of nitrogens with zero attached hydrogens (tertiary/aromatic N) is 1. The molecule has 3 rings (SSSR count). The molecule has 0 bridgehead atoms. The minimum atomic E-state index is -0.504. The molecule has 0 saturated carbocycles. The number of thiophene rings is 1. The number of carbonyl (C=O) groups excluding carboxylic acids is 1. The number of hydrogen-bond donors (Lipinski definition) is 3. The van der Waals surface area contributed by atoms with Gasteiger partial charge in [-0.2, -0.15) is 0 Å². The molecule has 1 amide bonds. The molecule has 1 aliphatic heterocycles. The first kappa shape index (κ1) is 14.6. The molecule has 5 nitrogen and oxygen atoms in total. The molecule has 1 saturated heterocycles. The first-order chi connectivity index (χ1) is 9.95. The Morgan fingerprint density at radius 3 is 2.81 bits per heavy atom. The minimum Gasteiger partial charge on any atom is -0.507 e. The van der Waals surface area contributed by atoms with Gasteiger partial charge in [0.15, 0.2) is 0 Å². The monoisotopic (exact) mass is 326 g/mol. The summed E-state index contributed by atoms with van der Waals surface area (Å²) in [4.78, 5) is 14.5. The van der Waals surface area contributed by atoms with Crippen molar-refractivity contribution < 1.29 is 15.0 Å². The molecule has 7 heteroatoms. The smallest absolute Gasteiger partial charge is 0.265 e. The molecule has 1 aromatic heterocycles. The number of aliphatic hydroxyl groups excluding tert-OH is 1. The molecule has 1 aromatic carbocycles. The van der Waals surface area contributed by atoms with E-state index in [0.29, 0.717) is 29.8 Å². The maximum atomic E-state index is 12.5. The van der Waals surface area contributed by atoms with Gasteiger partial charge in [-0.25, -0.2) is 0 Å². The number of benzene rings is 1. The number of phenols is 1. The fourth-order valence-electron chi connectivity index (χ4n) is 2.61. The zero-order valence-corrected chi connectivity index (χ0v) is 12.7. The molecule has 4 N–H and O–H groups in total. The summed E-state index contributed by atoms with van der Waals surface area (Å²) in [5.74, 6) is -0.107. The largest absolute Gasteiger partial charge is 0.507 e. The van der Waals surface area contributed by atoms with Crippen molar-refractivity contribution in [2.24, 2.45) is 5.73 Å². The van der Waals surface area contributed by atoms with Crippen molar-refractivity contribution in [3.8, 4) is 5.75 Å². The second-order valence-corrected chi connectivity index (χ2v) is 6.82. The van der Waals surface area contributed by atoms with E-state index in [4.69, 9.17) is 22.4 Å². The molecule has 0 spiro atoms. The van der Waals surface area contributed by atoms with E-state index in [1.54, 1.807) is 17.0 Å².